The standard InChI is InChI=1S/C17H26N2O3S/c1-4-19(5-2)16(20)14-11(3)13(15(18)23-14)17(21)22-12-9-7-6-8-10-12/h12H,4-10,18H2,1-3H3. The number of carbonyl (C=O) groups is 2. The molecule has 128 valence electrons. The molecule has 0 radical (unpaired) electrons. The molecule has 6 heteroatoms. The molecule has 2 N–H and O–H groups in total. The highest BCUT2D eigenvalue weighted by atomic mass is 32.1. The third-order valence-electron chi connectivity index (χ3n) is 4.45. The first-order chi connectivity index (χ1) is 11.0. The van der Waals surface area contributed by atoms with Crippen molar-refractivity contribution in [3.05, 3.63) is 16.0 Å². The van der Waals surface area contributed by atoms with Crippen molar-refractivity contribution in [2.75, 3.05) is 18.8 Å². The van der Waals surface area contributed by atoms with Crippen LogP contribution >= 0.6 is 11.3 Å². The van der Waals surface area contributed by atoms with Gasteiger partial charge in [0.2, 0.25) is 0 Å². The van der Waals surface area contributed by atoms with Crippen LogP contribution in [-0.2, 0) is 4.74 Å². The van der Waals surface area contributed by atoms with Gasteiger partial charge in [0.15, 0.2) is 0 Å². The molecule has 0 aliphatic heterocycles. The average molecular weight is 338 g/mol. The highest BCUT2D eigenvalue weighted by Crippen LogP contribution is 2.33. The number of hydrogen-bond donors (Lipinski definition) is 1. The number of nitrogen functional groups attached to an aromatic ring is 1. The van der Waals surface area contributed by atoms with E-state index < -0.39 is 0 Å². The number of carbonyl (C=O) groups excluding carboxylic acids is 2. The summed E-state index contributed by atoms with van der Waals surface area (Å²) in [4.78, 5) is 27.3. The van der Waals surface area contributed by atoms with Gasteiger partial charge in [-0.1, -0.05) is 6.42 Å². The number of amides is 1. The van der Waals surface area contributed by atoms with Crippen LogP contribution in [0.25, 0.3) is 0 Å². The summed E-state index contributed by atoms with van der Waals surface area (Å²) in [5.74, 6) is -0.456. The Morgan fingerprint density at radius 1 is 1.22 bits per heavy atom. The van der Waals surface area contributed by atoms with Crippen molar-refractivity contribution >= 4 is 28.2 Å². The molecule has 1 aliphatic rings. The van der Waals surface area contributed by atoms with E-state index in [1.54, 1.807) is 11.8 Å². The molecule has 23 heavy (non-hydrogen) atoms. The van der Waals surface area contributed by atoms with Gasteiger partial charge < -0.3 is 15.4 Å². The van der Waals surface area contributed by atoms with Crippen LogP contribution in [0.3, 0.4) is 0 Å². The number of anilines is 1. The van der Waals surface area contributed by atoms with Crippen LogP contribution in [0.5, 0.6) is 0 Å². The molecule has 1 amide bonds. The number of rotatable bonds is 5. The number of ether oxygens (including phenoxy) is 1. The first kappa shape index (κ1) is 17.8. The summed E-state index contributed by atoms with van der Waals surface area (Å²) < 4.78 is 5.61. The second-order valence-electron chi connectivity index (χ2n) is 5.94. The van der Waals surface area contributed by atoms with Crippen molar-refractivity contribution in [2.45, 2.75) is 59.0 Å². The Morgan fingerprint density at radius 2 is 1.83 bits per heavy atom. The number of nitrogens with zero attached hydrogens (tertiary/aromatic N) is 1. The summed E-state index contributed by atoms with van der Waals surface area (Å²) in [6, 6.07) is 0. The highest BCUT2D eigenvalue weighted by Gasteiger charge is 2.28. The summed E-state index contributed by atoms with van der Waals surface area (Å²) in [6.45, 7) is 6.92. The minimum absolute atomic E-state index is 0.0168. The second kappa shape index (κ2) is 7.81. The first-order valence-electron chi connectivity index (χ1n) is 8.38. The van der Waals surface area contributed by atoms with E-state index in [1.807, 2.05) is 13.8 Å². The normalized spacial score (nSPS) is 15.4. The summed E-state index contributed by atoms with van der Waals surface area (Å²) in [5, 5.41) is 0.374. The van der Waals surface area contributed by atoms with Crippen molar-refractivity contribution in [3.8, 4) is 0 Å². The summed E-state index contributed by atoms with van der Waals surface area (Å²) in [5.41, 5.74) is 7.03. The predicted octanol–water partition coefficient (Wildman–Crippen LogP) is 3.61. The zero-order valence-electron chi connectivity index (χ0n) is 14.2. The maximum Gasteiger partial charge on any atom is 0.341 e. The first-order valence-corrected chi connectivity index (χ1v) is 9.20. The molecular formula is C17H26N2O3S. The maximum atomic E-state index is 12.5. The predicted molar refractivity (Wildman–Crippen MR) is 93.0 cm³/mol. The van der Waals surface area contributed by atoms with E-state index in [1.165, 1.54) is 17.8 Å². The summed E-state index contributed by atoms with van der Waals surface area (Å²) >= 11 is 1.18. The van der Waals surface area contributed by atoms with E-state index in [0.717, 1.165) is 25.7 Å². The van der Waals surface area contributed by atoms with Gasteiger partial charge in [0.05, 0.1) is 10.4 Å². The van der Waals surface area contributed by atoms with Gasteiger partial charge in [0.25, 0.3) is 5.91 Å². The Balaban J connectivity index is 2.19. The quantitative estimate of drug-likeness (QED) is 0.832. The molecule has 1 aromatic heterocycles. The van der Waals surface area contributed by atoms with E-state index in [0.29, 0.717) is 34.1 Å². The zero-order valence-corrected chi connectivity index (χ0v) is 15.0. The van der Waals surface area contributed by atoms with Crippen molar-refractivity contribution in [1.82, 2.24) is 4.90 Å². The fourth-order valence-corrected chi connectivity index (χ4v) is 4.07. The van der Waals surface area contributed by atoms with Crippen LogP contribution in [0.1, 0.15) is 71.5 Å². The third-order valence-corrected chi connectivity index (χ3v) is 5.56. The van der Waals surface area contributed by atoms with Crippen molar-refractivity contribution in [3.63, 3.8) is 0 Å². The summed E-state index contributed by atoms with van der Waals surface area (Å²) in [7, 11) is 0. The lowest BCUT2D eigenvalue weighted by molar-refractivity contribution is 0.0212. The molecule has 0 spiro atoms. The molecule has 1 saturated carbocycles. The number of hydrogen-bond acceptors (Lipinski definition) is 5. The van der Waals surface area contributed by atoms with E-state index in [-0.39, 0.29) is 18.0 Å². The summed E-state index contributed by atoms with van der Waals surface area (Å²) in [6.07, 6.45) is 5.22. The van der Waals surface area contributed by atoms with Crippen LogP contribution in [0.2, 0.25) is 0 Å². The Morgan fingerprint density at radius 3 is 2.39 bits per heavy atom. The van der Waals surface area contributed by atoms with Crippen molar-refractivity contribution < 1.29 is 14.3 Å². The highest BCUT2D eigenvalue weighted by molar-refractivity contribution is 7.18. The fraction of sp³-hybridized carbons (Fsp3) is 0.647. The molecule has 0 saturated heterocycles. The molecule has 1 aliphatic carbocycles. The van der Waals surface area contributed by atoms with E-state index in [2.05, 4.69) is 0 Å². The molecule has 0 aromatic carbocycles. The third kappa shape index (κ3) is 3.86. The van der Waals surface area contributed by atoms with Gasteiger partial charge in [-0.3, -0.25) is 4.79 Å². The van der Waals surface area contributed by atoms with E-state index >= 15 is 0 Å². The van der Waals surface area contributed by atoms with Crippen LogP contribution < -0.4 is 5.73 Å². The van der Waals surface area contributed by atoms with E-state index in [4.69, 9.17) is 10.5 Å². The second-order valence-corrected chi connectivity index (χ2v) is 6.99. The van der Waals surface area contributed by atoms with Gasteiger partial charge in [0, 0.05) is 13.1 Å². The Labute approximate surface area is 141 Å². The van der Waals surface area contributed by atoms with Gasteiger partial charge >= 0.3 is 5.97 Å². The SMILES string of the molecule is CCN(CC)C(=O)c1sc(N)c(C(=O)OC2CCCCC2)c1C. The van der Waals surface area contributed by atoms with Gasteiger partial charge in [0.1, 0.15) is 11.1 Å². The lowest BCUT2D eigenvalue weighted by atomic mass is 9.98. The minimum atomic E-state index is -0.387. The van der Waals surface area contributed by atoms with E-state index in [9.17, 15) is 9.59 Å². The molecule has 0 unspecified atom stereocenters. The van der Waals surface area contributed by atoms with Gasteiger partial charge in [-0.2, -0.15) is 0 Å². The molecular weight excluding hydrogens is 312 g/mol. The maximum absolute atomic E-state index is 12.5. The van der Waals surface area contributed by atoms with Crippen LogP contribution in [0.4, 0.5) is 5.00 Å². The van der Waals surface area contributed by atoms with Gasteiger partial charge in [-0.15, -0.1) is 11.3 Å². The fourth-order valence-electron chi connectivity index (χ4n) is 3.04. The smallest absolute Gasteiger partial charge is 0.341 e. The Bertz CT molecular complexity index is 573. The van der Waals surface area contributed by atoms with Gasteiger partial charge in [-0.25, -0.2) is 4.79 Å². The number of esters is 1. The van der Waals surface area contributed by atoms with Crippen molar-refractivity contribution in [1.29, 1.82) is 0 Å². The average Bonchev–Trinajstić information content (AvgIpc) is 2.84. The molecule has 1 heterocycles. The van der Waals surface area contributed by atoms with Crippen LogP contribution in [0.15, 0.2) is 0 Å². The minimum Gasteiger partial charge on any atom is -0.459 e. The largest absolute Gasteiger partial charge is 0.459 e. The zero-order chi connectivity index (χ0) is 17.0. The Kier molecular flexibility index (Phi) is 6.04. The molecule has 0 bridgehead atoms. The number of thiophene rings is 1. The molecule has 1 fully saturated rings. The lowest BCUT2D eigenvalue weighted by Crippen LogP contribution is -2.30. The topological polar surface area (TPSA) is 72.6 Å². The van der Waals surface area contributed by atoms with Gasteiger partial charge in [-0.05, 0) is 52.0 Å². The monoisotopic (exact) mass is 338 g/mol. The Hall–Kier alpha value is -1.56. The lowest BCUT2D eigenvalue weighted by Gasteiger charge is -2.22. The molecule has 1 aromatic rings. The van der Waals surface area contributed by atoms with Crippen LogP contribution in [-0.4, -0.2) is 36.0 Å². The molecule has 5 nitrogen and oxygen atoms in total. The molecule has 0 atom stereocenters. The van der Waals surface area contributed by atoms with Crippen LogP contribution in [0, 0.1) is 6.92 Å². The number of nitrogens with two attached hydrogens (primary N) is 1. The van der Waals surface area contributed by atoms with Crippen molar-refractivity contribution in [2.24, 2.45) is 0 Å². The molecule has 2 rings (SSSR count).